The minimum Gasteiger partial charge on any atom is -0.469 e. The van der Waals surface area contributed by atoms with Crippen LogP contribution in [-0.4, -0.2) is 29.5 Å². The van der Waals surface area contributed by atoms with Crippen molar-refractivity contribution in [2.45, 2.75) is 57.5 Å². The zero-order valence-corrected chi connectivity index (χ0v) is 19.5. The van der Waals surface area contributed by atoms with Gasteiger partial charge in [-0.1, -0.05) is 31.5 Å². The van der Waals surface area contributed by atoms with Gasteiger partial charge in [-0.25, -0.2) is 4.79 Å². The third-order valence-corrected chi connectivity index (χ3v) is 8.43. The maximum atomic E-state index is 13.2. The van der Waals surface area contributed by atoms with Gasteiger partial charge >= 0.3 is 12.0 Å². The molecule has 1 aliphatic heterocycles. The van der Waals surface area contributed by atoms with Gasteiger partial charge in [0.05, 0.1) is 28.6 Å². The number of carbonyl (C=O) groups is 2. The van der Waals surface area contributed by atoms with Crippen LogP contribution in [0.3, 0.4) is 0 Å². The molecule has 0 radical (unpaired) electrons. The summed E-state index contributed by atoms with van der Waals surface area (Å²) in [6.45, 7) is 6.37. The van der Waals surface area contributed by atoms with Gasteiger partial charge in [-0.2, -0.15) is 0 Å². The zero-order chi connectivity index (χ0) is 21.2. The molecule has 5 nitrogen and oxygen atoms in total. The summed E-state index contributed by atoms with van der Waals surface area (Å²) >= 11 is 9.80. The molecule has 0 unspecified atom stereocenters. The topological polar surface area (TPSA) is 58.6 Å². The van der Waals surface area contributed by atoms with E-state index in [4.69, 9.17) is 16.3 Å². The van der Waals surface area contributed by atoms with Crippen LogP contribution in [0.1, 0.15) is 52.0 Å². The predicted molar refractivity (Wildman–Crippen MR) is 115 cm³/mol. The van der Waals surface area contributed by atoms with Crippen molar-refractivity contribution in [2.75, 3.05) is 7.11 Å². The number of halogens is 2. The number of nitrogens with one attached hydrogen (secondary N) is 1. The molecule has 0 saturated heterocycles. The van der Waals surface area contributed by atoms with Crippen molar-refractivity contribution in [2.24, 2.45) is 11.3 Å². The molecule has 156 valence electrons. The number of nitrogens with zero attached hydrogens (tertiary/aromatic N) is 1. The SMILES string of the molecule is CC[C@H](C)C1=CN(C23CC(C(=O)OC)(C2)C3)C(=O)N[C@@]1(C)c1ccc(Br)c(Cl)c1. The van der Waals surface area contributed by atoms with Crippen LogP contribution >= 0.6 is 27.5 Å². The summed E-state index contributed by atoms with van der Waals surface area (Å²) in [5, 5.41) is 3.87. The van der Waals surface area contributed by atoms with Gasteiger partial charge in [-0.05, 0) is 77.7 Å². The molecular formula is C22H26BrClN2O3. The second-order valence-electron chi connectivity index (χ2n) is 8.97. The second-order valence-corrected chi connectivity index (χ2v) is 10.2. The van der Waals surface area contributed by atoms with Crippen LogP contribution in [0.5, 0.6) is 0 Å². The fourth-order valence-corrected chi connectivity index (χ4v) is 5.76. The van der Waals surface area contributed by atoms with Gasteiger partial charge in [0.15, 0.2) is 0 Å². The minimum atomic E-state index is -0.642. The number of amides is 2. The quantitative estimate of drug-likeness (QED) is 0.575. The molecule has 0 spiro atoms. The van der Waals surface area contributed by atoms with Crippen LogP contribution in [0.25, 0.3) is 0 Å². The Kier molecular flexibility index (Phi) is 4.82. The average molecular weight is 482 g/mol. The van der Waals surface area contributed by atoms with Crippen molar-refractivity contribution < 1.29 is 14.3 Å². The van der Waals surface area contributed by atoms with Gasteiger partial charge in [-0.15, -0.1) is 0 Å². The lowest BCUT2D eigenvalue weighted by Gasteiger charge is -2.71. The number of benzene rings is 1. The fraction of sp³-hybridized carbons (Fsp3) is 0.545. The maximum Gasteiger partial charge on any atom is 0.322 e. The number of hydrogen-bond acceptors (Lipinski definition) is 3. The number of urea groups is 1. The third-order valence-electron chi connectivity index (χ3n) is 7.19. The monoisotopic (exact) mass is 480 g/mol. The van der Waals surface area contributed by atoms with Crippen molar-refractivity contribution in [3.63, 3.8) is 0 Å². The number of rotatable bonds is 5. The molecule has 29 heavy (non-hydrogen) atoms. The van der Waals surface area contributed by atoms with E-state index in [1.165, 1.54) is 7.11 Å². The lowest BCUT2D eigenvalue weighted by Crippen LogP contribution is -2.78. The van der Waals surface area contributed by atoms with Crippen molar-refractivity contribution >= 4 is 39.5 Å². The summed E-state index contributed by atoms with van der Waals surface area (Å²) in [6.07, 6.45) is 5.00. The van der Waals surface area contributed by atoms with E-state index in [1.54, 1.807) is 0 Å². The molecule has 1 N–H and O–H groups in total. The highest BCUT2D eigenvalue weighted by atomic mass is 79.9. The largest absolute Gasteiger partial charge is 0.469 e. The summed E-state index contributed by atoms with van der Waals surface area (Å²) in [5.74, 6) is 0.115. The molecule has 3 saturated carbocycles. The molecule has 1 heterocycles. The fourth-order valence-electron chi connectivity index (χ4n) is 5.33. The predicted octanol–water partition coefficient (Wildman–Crippen LogP) is 5.37. The molecule has 5 rings (SSSR count). The van der Waals surface area contributed by atoms with Crippen LogP contribution in [0.15, 0.2) is 34.4 Å². The minimum absolute atomic E-state index is 0.128. The molecule has 1 aromatic rings. The van der Waals surface area contributed by atoms with Gasteiger partial charge in [0, 0.05) is 10.7 Å². The van der Waals surface area contributed by atoms with E-state index >= 15 is 0 Å². The molecule has 4 aliphatic rings. The highest BCUT2D eigenvalue weighted by Crippen LogP contribution is 2.70. The zero-order valence-electron chi connectivity index (χ0n) is 17.1. The van der Waals surface area contributed by atoms with Crippen LogP contribution in [0, 0.1) is 11.3 Å². The van der Waals surface area contributed by atoms with Crippen molar-refractivity contribution in [1.29, 1.82) is 0 Å². The van der Waals surface area contributed by atoms with Gasteiger partial charge in [0.25, 0.3) is 0 Å². The molecule has 3 fully saturated rings. The molecule has 7 heteroatoms. The van der Waals surface area contributed by atoms with E-state index < -0.39 is 5.54 Å². The van der Waals surface area contributed by atoms with E-state index in [0.29, 0.717) is 24.3 Å². The third kappa shape index (κ3) is 2.86. The van der Waals surface area contributed by atoms with Crippen LogP contribution in [-0.2, 0) is 15.1 Å². The van der Waals surface area contributed by atoms with Crippen molar-refractivity contribution in [3.8, 4) is 0 Å². The molecule has 2 bridgehead atoms. The molecule has 0 aromatic heterocycles. The van der Waals surface area contributed by atoms with Gasteiger partial charge in [-0.3, -0.25) is 9.69 Å². The van der Waals surface area contributed by atoms with Gasteiger partial charge in [0.2, 0.25) is 0 Å². The Hall–Kier alpha value is -1.53. The lowest BCUT2D eigenvalue weighted by molar-refractivity contribution is -0.218. The first-order chi connectivity index (χ1) is 13.6. The number of esters is 1. The van der Waals surface area contributed by atoms with Crippen molar-refractivity contribution in [3.05, 3.63) is 45.0 Å². The normalized spacial score (nSPS) is 33.8. The molecular weight excluding hydrogens is 456 g/mol. The number of methoxy groups -OCH3 is 1. The average Bonchev–Trinajstić information content (AvgIpc) is 2.62. The Morgan fingerprint density at radius 3 is 2.59 bits per heavy atom. The van der Waals surface area contributed by atoms with E-state index in [-0.39, 0.29) is 28.9 Å². The number of hydrogen-bond donors (Lipinski definition) is 1. The summed E-state index contributed by atoms with van der Waals surface area (Å²) in [7, 11) is 1.43. The summed E-state index contributed by atoms with van der Waals surface area (Å²) in [4.78, 5) is 27.1. The highest BCUT2D eigenvalue weighted by Gasteiger charge is 2.75. The lowest BCUT2D eigenvalue weighted by atomic mass is 9.38. The van der Waals surface area contributed by atoms with Crippen molar-refractivity contribution in [1.82, 2.24) is 10.2 Å². The molecule has 3 aliphatic carbocycles. The molecule has 2 amide bonds. The van der Waals surface area contributed by atoms with E-state index in [1.807, 2.05) is 36.2 Å². The summed E-state index contributed by atoms with van der Waals surface area (Å²) in [5.41, 5.74) is 0.801. The van der Waals surface area contributed by atoms with Crippen LogP contribution in [0.4, 0.5) is 4.79 Å². The summed E-state index contributed by atoms with van der Waals surface area (Å²) < 4.78 is 5.78. The van der Waals surface area contributed by atoms with Gasteiger partial charge in [0.1, 0.15) is 0 Å². The standard InChI is InChI=1S/C22H26BrClN2O3/c1-5-13(2)15-9-26(22-10-21(11-22,12-22)18(27)29-4)19(28)25-20(15,3)14-6-7-16(23)17(24)8-14/h6-9,13H,5,10-12H2,1-4H3,(H,25,28)/t13-,20-,21?,22?/m0/s1. The van der Waals surface area contributed by atoms with E-state index in [2.05, 4.69) is 35.1 Å². The van der Waals surface area contributed by atoms with Gasteiger partial charge < -0.3 is 10.1 Å². The first-order valence-corrected chi connectivity index (χ1v) is 11.2. The Balaban J connectivity index is 1.70. The maximum absolute atomic E-state index is 13.2. The smallest absolute Gasteiger partial charge is 0.322 e. The second kappa shape index (κ2) is 6.74. The van der Waals surface area contributed by atoms with E-state index in [0.717, 1.165) is 22.0 Å². The Labute approximate surface area is 184 Å². The molecule has 1 aromatic carbocycles. The Bertz CT molecular complexity index is 911. The molecule has 2 atom stereocenters. The summed E-state index contributed by atoms with van der Waals surface area (Å²) in [6, 6.07) is 5.69. The highest BCUT2D eigenvalue weighted by molar-refractivity contribution is 9.10. The first kappa shape index (κ1) is 20.7. The number of ether oxygens (including phenoxy) is 1. The first-order valence-electron chi connectivity index (χ1n) is 9.98. The van der Waals surface area contributed by atoms with Crippen LogP contribution < -0.4 is 5.32 Å². The Morgan fingerprint density at radius 1 is 1.38 bits per heavy atom. The van der Waals surface area contributed by atoms with Crippen LogP contribution in [0.2, 0.25) is 5.02 Å². The number of carbonyl (C=O) groups excluding carboxylic acids is 2. The van der Waals surface area contributed by atoms with E-state index in [9.17, 15) is 9.59 Å². The Morgan fingerprint density at radius 2 is 2.03 bits per heavy atom.